The van der Waals surface area contributed by atoms with Crippen LogP contribution in [-0.2, 0) is 16.1 Å². The highest BCUT2D eigenvalue weighted by Crippen LogP contribution is 2.26. The van der Waals surface area contributed by atoms with E-state index in [9.17, 15) is 9.59 Å². The Morgan fingerprint density at radius 1 is 1.24 bits per heavy atom. The smallest absolute Gasteiger partial charge is 0.245 e. The average Bonchev–Trinajstić information content (AvgIpc) is 3.10. The number of hydrogen-bond donors (Lipinski definition) is 1. The molecule has 29 heavy (non-hydrogen) atoms. The molecule has 0 bridgehead atoms. The summed E-state index contributed by atoms with van der Waals surface area (Å²) in [5.74, 6) is 0.849. The van der Waals surface area contributed by atoms with Gasteiger partial charge in [0, 0.05) is 42.6 Å². The first-order chi connectivity index (χ1) is 14.0. The SMILES string of the molecule is CCC1N=C2C=C(Cl)C=CN2C1C(=O)NCc1ccc(N2C=CC(=O)CC2)cc1. The average molecular weight is 411 g/mol. The predicted molar refractivity (Wildman–Crippen MR) is 115 cm³/mol. The topological polar surface area (TPSA) is 65.0 Å². The van der Waals surface area contributed by atoms with Crippen molar-refractivity contribution in [1.82, 2.24) is 10.2 Å². The number of nitrogens with one attached hydrogen (secondary N) is 1. The summed E-state index contributed by atoms with van der Waals surface area (Å²) in [6.45, 7) is 3.17. The highest BCUT2D eigenvalue weighted by Gasteiger charge is 2.39. The monoisotopic (exact) mass is 410 g/mol. The minimum atomic E-state index is -0.359. The third-order valence-corrected chi connectivity index (χ3v) is 5.58. The van der Waals surface area contributed by atoms with E-state index in [2.05, 4.69) is 10.3 Å². The van der Waals surface area contributed by atoms with Gasteiger partial charge in [0.05, 0.1) is 6.04 Å². The molecule has 0 fully saturated rings. The molecule has 2 unspecified atom stereocenters. The van der Waals surface area contributed by atoms with Crippen LogP contribution in [0, 0.1) is 0 Å². The van der Waals surface area contributed by atoms with Crippen molar-refractivity contribution in [2.75, 3.05) is 11.4 Å². The van der Waals surface area contributed by atoms with Crippen molar-refractivity contribution < 1.29 is 9.59 Å². The number of rotatable bonds is 5. The molecule has 1 aromatic carbocycles. The minimum Gasteiger partial charge on any atom is -0.350 e. The number of amides is 1. The van der Waals surface area contributed by atoms with Gasteiger partial charge < -0.3 is 15.1 Å². The second-order valence-corrected chi connectivity index (χ2v) is 7.71. The number of allylic oxidation sites excluding steroid dienone is 3. The van der Waals surface area contributed by atoms with Gasteiger partial charge >= 0.3 is 0 Å². The number of amidine groups is 1. The second-order valence-electron chi connectivity index (χ2n) is 7.27. The number of halogens is 1. The molecular formula is C22H23ClN4O2. The lowest BCUT2D eigenvalue weighted by molar-refractivity contribution is -0.124. The molecule has 7 heteroatoms. The number of aliphatic imine (C=N–C) groups is 1. The summed E-state index contributed by atoms with van der Waals surface area (Å²) in [5, 5.41) is 3.66. The largest absolute Gasteiger partial charge is 0.350 e. The van der Waals surface area contributed by atoms with E-state index in [0.717, 1.165) is 23.5 Å². The minimum absolute atomic E-state index is 0.0479. The van der Waals surface area contributed by atoms with Crippen molar-refractivity contribution in [3.8, 4) is 0 Å². The standard InChI is InChI=1S/C22H23ClN4O2/c1-2-19-21(27-12-7-16(23)13-20(27)25-19)22(29)24-14-15-3-5-17(6-4-15)26-10-8-18(28)9-11-26/h3-8,10,12-13,19,21H,2,9,11,14H2,1H3,(H,24,29). The molecule has 6 nitrogen and oxygen atoms in total. The lowest BCUT2D eigenvalue weighted by Gasteiger charge is -2.27. The van der Waals surface area contributed by atoms with E-state index in [1.165, 1.54) is 0 Å². The van der Waals surface area contributed by atoms with Crippen molar-refractivity contribution in [2.24, 2.45) is 4.99 Å². The van der Waals surface area contributed by atoms with E-state index >= 15 is 0 Å². The molecule has 0 saturated carbocycles. The summed E-state index contributed by atoms with van der Waals surface area (Å²) in [4.78, 5) is 32.8. The van der Waals surface area contributed by atoms with Gasteiger partial charge in [0.1, 0.15) is 11.9 Å². The van der Waals surface area contributed by atoms with E-state index in [0.29, 0.717) is 24.5 Å². The second kappa shape index (κ2) is 8.25. The molecule has 0 aromatic heterocycles. The summed E-state index contributed by atoms with van der Waals surface area (Å²) >= 11 is 6.06. The Morgan fingerprint density at radius 3 is 2.72 bits per heavy atom. The zero-order valence-corrected chi connectivity index (χ0v) is 17.0. The van der Waals surface area contributed by atoms with Gasteiger partial charge in [-0.25, -0.2) is 0 Å². The number of carbonyl (C=O) groups is 2. The van der Waals surface area contributed by atoms with Crippen LogP contribution in [0.3, 0.4) is 0 Å². The Bertz CT molecular complexity index is 933. The van der Waals surface area contributed by atoms with Gasteiger partial charge in [-0.15, -0.1) is 0 Å². The fraction of sp³-hybridized carbons (Fsp3) is 0.318. The van der Waals surface area contributed by atoms with Crippen molar-refractivity contribution >= 4 is 34.8 Å². The Labute approximate surface area is 175 Å². The number of benzene rings is 1. The first-order valence-corrected chi connectivity index (χ1v) is 10.2. The summed E-state index contributed by atoms with van der Waals surface area (Å²) in [7, 11) is 0. The van der Waals surface area contributed by atoms with Gasteiger partial charge in [0.25, 0.3) is 0 Å². The number of carbonyl (C=O) groups excluding carboxylic acids is 2. The van der Waals surface area contributed by atoms with Crippen LogP contribution in [0.25, 0.3) is 0 Å². The number of anilines is 1. The molecule has 2 atom stereocenters. The zero-order valence-electron chi connectivity index (χ0n) is 16.2. The normalized spacial score (nSPS) is 23.0. The molecule has 1 amide bonds. The molecule has 0 radical (unpaired) electrons. The van der Waals surface area contributed by atoms with Crippen LogP contribution in [-0.4, -0.2) is 41.1 Å². The molecule has 3 heterocycles. The first kappa shape index (κ1) is 19.5. The van der Waals surface area contributed by atoms with Crippen LogP contribution in [0.2, 0.25) is 0 Å². The van der Waals surface area contributed by atoms with Crippen LogP contribution in [0.15, 0.2) is 64.9 Å². The van der Waals surface area contributed by atoms with Crippen LogP contribution in [0.4, 0.5) is 5.69 Å². The Morgan fingerprint density at radius 2 is 2.03 bits per heavy atom. The highest BCUT2D eigenvalue weighted by molar-refractivity contribution is 6.33. The van der Waals surface area contributed by atoms with Gasteiger partial charge in [-0.05, 0) is 42.3 Å². The Hall–Kier alpha value is -2.86. The van der Waals surface area contributed by atoms with E-state index in [-0.39, 0.29) is 23.8 Å². The lowest BCUT2D eigenvalue weighted by Crippen LogP contribution is -2.48. The highest BCUT2D eigenvalue weighted by atomic mass is 35.5. The molecule has 3 aliphatic rings. The molecule has 1 N–H and O–H groups in total. The maximum absolute atomic E-state index is 12.9. The number of fused-ring (bicyclic) bond motifs is 1. The fourth-order valence-electron chi connectivity index (χ4n) is 3.73. The fourth-order valence-corrected chi connectivity index (χ4v) is 3.88. The lowest BCUT2D eigenvalue weighted by atomic mass is 10.1. The maximum Gasteiger partial charge on any atom is 0.245 e. The number of hydrogen-bond acceptors (Lipinski definition) is 5. The summed E-state index contributed by atoms with van der Waals surface area (Å²) < 4.78 is 0. The van der Waals surface area contributed by atoms with Crippen molar-refractivity contribution in [3.05, 3.63) is 65.5 Å². The molecule has 4 rings (SSSR count). The van der Waals surface area contributed by atoms with E-state index in [1.807, 2.05) is 53.4 Å². The zero-order chi connectivity index (χ0) is 20.4. The molecule has 1 aromatic rings. The van der Waals surface area contributed by atoms with Gasteiger partial charge in [-0.2, -0.15) is 0 Å². The van der Waals surface area contributed by atoms with Crippen molar-refractivity contribution in [2.45, 2.75) is 38.4 Å². The van der Waals surface area contributed by atoms with Crippen LogP contribution in [0.1, 0.15) is 25.3 Å². The van der Waals surface area contributed by atoms with Crippen LogP contribution >= 0.6 is 11.6 Å². The molecule has 150 valence electrons. The molecule has 0 aliphatic carbocycles. The summed E-state index contributed by atoms with van der Waals surface area (Å²) in [5.41, 5.74) is 2.05. The van der Waals surface area contributed by atoms with E-state index in [1.54, 1.807) is 18.2 Å². The number of ketones is 1. The Balaban J connectivity index is 1.38. The maximum atomic E-state index is 12.9. The van der Waals surface area contributed by atoms with Gasteiger partial charge in [0.15, 0.2) is 5.78 Å². The molecule has 0 saturated heterocycles. The van der Waals surface area contributed by atoms with Crippen LogP contribution in [0.5, 0.6) is 0 Å². The third kappa shape index (κ3) is 4.12. The first-order valence-electron chi connectivity index (χ1n) is 9.81. The van der Waals surface area contributed by atoms with E-state index < -0.39 is 0 Å². The van der Waals surface area contributed by atoms with Gasteiger partial charge in [-0.3, -0.25) is 14.6 Å². The van der Waals surface area contributed by atoms with E-state index in [4.69, 9.17) is 11.6 Å². The van der Waals surface area contributed by atoms with Gasteiger partial charge in [0.2, 0.25) is 5.91 Å². The predicted octanol–water partition coefficient (Wildman–Crippen LogP) is 3.11. The Kier molecular flexibility index (Phi) is 5.53. The summed E-state index contributed by atoms with van der Waals surface area (Å²) in [6.07, 6.45) is 10.1. The molecular weight excluding hydrogens is 388 g/mol. The summed E-state index contributed by atoms with van der Waals surface area (Å²) in [6, 6.07) is 7.56. The number of nitrogens with zero attached hydrogens (tertiary/aromatic N) is 3. The van der Waals surface area contributed by atoms with Gasteiger partial charge in [-0.1, -0.05) is 30.7 Å². The quantitative estimate of drug-likeness (QED) is 0.810. The molecule has 3 aliphatic heterocycles. The third-order valence-electron chi connectivity index (χ3n) is 5.35. The van der Waals surface area contributed by atoms with Crippen molar-refractivity contribution in [3.63, 3.8) is 0 Å². The van der Waals surface area contributed by atoms with Crippen LogP contribution < -0.4 is 10.2 Å². The molecule has 0 spiro atoms. The van der Waals surface area contributed by atoms with Crippen molar-refractivity contribution in [1.29, 1.82) is 0 Å².